The standard InChI is InChI=1S/C19H24N4O4/c20-10-19(5-6-27-11-19)21-8-12-1-2-13-9-23(18(26)14(13)7-12)15-3-4-16(24)22-17(15)25/h1-2,7,15,21H,3-6,8-11,20H2,(H,22,24,25). The summed E-state index contributed by atoms with van der Waals surface area (Å²) in [7, 11) is 0. The van der Waals surface area contributed by atoms with Gasteiger partial charge in [0, 0.05) is 38.2 Å². The van der Waals surface area contributed by atoms with Crippen LogP contribution in [0.25, 0.3) is 0 Å². The molecule has 0 radical (unpaired) electrons. The minimum atomic E-state index is -0.583. The second kappa shape index (κ2) is 7.03. The third-order valence-corrected chi connectivity index (χ3v) is 5.75. The zero-order valence-electron chi connectivity index (χ0n) is 15.1. The van der Waals surface area contributed by atoms with Gasteiger partial charge >= 0.3 is 0 Å². The summed E-state index contributed by atoms with van der Waals surface area (Å²) in [6.45, 7) is 2.79. The summed E-state index contributed by atoms with van der Waals surface area (Å²) in [6.07, 6.45) is 1.50. The fraction of sp³-hybridized carbons (Fsp3) is 0.526. The number of amides is 3. The fourth-order valence-electron chi connectivity index (χ4n) is 3.98. The van der Waals surface area contributed by atoms with Gasteiger partial charge in [-0.3, -0.25) is 19.7 Å². The maximum absolute atomic E-state index is 12.9. The quantitative estimate of drug-likeness (QED) is 0.609. The average molecular weight is 372 g/mol. The van der Waals surface area contributed by atoms with Crippen molar-refractivity contribution < 1.29 is 19.1 Å². The Morgan fingerprint density at radius 1 is 1.33 bits per heavy atom. The molecular formula is C19H24N4O4. The first-order valence-corrected chi connectivity index (χ1v) is 9.31. The number of benzene rings is 1. The second-order valence-electron chi connectivity index (χ2n) is 7.53. The Morgan fingerprint density at radius 3 is 2.89 bits per heavy atom. The summed E-state index contributed by atoms with van der Waals surface area (Å²) in [5.41, 5.74) is 8.23. The maximum atomic E-state index is 12.9. The van der Waals surface area contributed by atoms with Crippen molar-refractivity contribution in [2.24, 2.45) is 5.73 Å². The van der Waals surface area contributed by atoms with E-state index in [1.54, 1.807) is 4.90 Å². The molecule has 2 fully saturated rings. The van der Waals surface area contributed by atoms with E-state index in [2.05, 4.69) is 10.6 Å². The fourth-order valence-corrected chi connectivity index (χ4v) is 3.98. The number of fused-ring (bicyclic) bond motifs is 1. The molecule has 2 unspecified atom stereocenters. The first-order valence-electron chi connectivity index (χ1n) is 9.31. The Balaban J connectivity index is 1.46. The van der Waals surface area contributed by atoms with E-state index in [9.17, 15) is 14.4 Å². The monoisotopic (exact) mass is 372 g/mol. The lowest BCUT2D eigenvalue weighted by molar-refractivity contribution is -0.136. The van der Waals surface area contributed by atoms with E-state index in [0.29, 0.717) is 44.8 Å². The van der Waals surface area contributed by atoms with E-state index in [1.807, 2.05) is 18.2 Å². The molecule has 1 aromatic carbocycles. The van der Waals surface area contributed by atoms with Crippen molar-refractivity contribution in [2.45, 2.75) is 43.9 Å². The lowest BCUT2D eigenvalue weighted by atomic mass is 9.98. The van der Waals surface area contributed by atoms with Gasteiger partial charge in [-0.05, 0) is 30.0 Å². The molecule has 0 saturated carbocycles. The van der Waals surface area contributed by atoms with Crippen molar-refractivity contribution in [2.75, 3.05) is 19.8 Å². The molecule has 4 rings (SSSR count). The molecule has 2 atom stereocenters. The molecule has 8 nitrogen and oxygen atoms in total. The van der Waals surface area contributed by atoms with Crippen molar-refractivity contribution in [3.63, 3.8) is 0 Å². The van der Waals surface area contributed by atoms with Gasteiger partial charge < -0.3 is 20.7 Å². The number of hydrogen-bond donors (Lipinski definition) is 3. The van der Waals surface area contributed by atoms with Crippen LogP contribution in [0, 0.1) is 0 Å². The van der Waals surface area contributed by atoms with Gasteiger partial charge in [-0.25, -0.2) is 0 Å². The maximum Gasteiger partial charge on any atom is 0.255 e. The van der Waals surface area contributed by atoms with E-state index in [-0.39, 0.29) is 29.7 Å². The number of nitrogens with one attached hydrogen (secondary N) is 2. The molecule has 0 bridgehead atoms. The van der Waals surface area contributed by atoms with Crippen LogP contribution in [0.3, 0.4) is 0 Å². The third kappa shape index (κ3) is 3.36. The molecule has 27 heavy (non-hydrogen) atoms. The van der Waals surface area contributed by atoms with E-state index >= 15 is 0 Å². The molecule has 2 saturated heterocycles. The molecule has 3 aliphatic heterocycles. The normalized spacial score (nSPS) is 27.8. The lowest BCUT2D eigenvalue weighted by Crippen LogP contribution is -2.52. The van der Waals surface area contributed by atoms with Gasteiger partial charge in [0.25, 0.3) is 5.91 Å². The van der Waals surface area contributed by atoms with Crippen molar-refractivity contribution >= 4 is 17.7 Å². The molecule has 4 N–H and O–H groups in total. The Morgan fingerprint density at radius 2 is 2.19 bits per heavy atom. The van der Waals surface area contributed by atoms with E-state index in [4.69, 9.17) is 10.5 Å². The van der Waals surface area contributed by atoms with E-state index < -0.39 is 6.04 Å². The highest BCUT2D eigenvalue weighted by Crippen LogP contribution is 2.28. The molecule has 8 heteroatoms. The van der Waals surface area contributed by atoms with Gasteiger partial charge in [0.2, 0.25) is 11.8 Å². The zero-order valence-corrected chi connectivity index (χ0v) is 15.1. The van der Waals surface area contributed by atoms with Crippen LogP contribution in [0.1, 0.15) is 40.7 Å². The number of imide groups is 1. The van der Waals surface area contributed by atoms with Crippen LogP contribution in [-0.4, -0.2) is 54.0 Å². The Hall–Kier alpha value is -2.29. The van der Waals surface area contributed by atoms with Crippen LogP contribution < -0.4 is 16.4 Å². The molecule has 3 aliphatic rings. The molecule has 3 heterocycles. The van der Waals surface area contributed by atoms with Crippen molar-refractivity contribution in [1.82, 2.24) is 15.5 Å². The molecule has 3 amide bonds. The van der Waals surface area contributed by atoms with Gasteiger partial charge in [-0.2, -0.15) is 0 Å². The summed E-state index contributed by atoms with van der Waals surface area (Å²) in [5.74, 6) is -0.821. The van der Waals surface area contributed by atoms with Crippen molar-refractivity contribution in [3.05, 3.63) is 34.9 Å². The van der Waals surface area contributed by atoms with Crippen LogP contribution >= 0.6 is 0 Å². The molecular weight excluding hydrogens is 348 g/mol. The minimum absolute atomic E-state index is 0.154. The van der Waals surface area contributed by atoms with Crippen LogP contribution in [0.4, 0.5) is 0 Å². The molecule has 1 aromatic rings. The number of hydrogen-bond acceptors (Lipinski definition) is 6. The predicted octanol–water partition coefficient (Wildman–Crippen LogP) is -0.345. The van der Waals surface area contributed by atoms with Crippen LogP contribution in [-0.2, 0) is 27.4 Å². The topological polar surface area (TPSA) is 114 Å². The smallest absolute Gasteiger partial charge is 0.255 e. The third-order valence-electron chi connectivity index (χ3n) is 5.75. The number of ether oxygens (including phenoxy) is 1. The summed E-state index contributed by atoms with van der Waals surface area (Å²) in [6, 6.07) is 5.24. The summed E-state index contributed by atoms with van der Waals surface area (Å²) < 4.78 is 5.46. The summed E-state index contributed by atoms with van der Waals surface area (Å²) >= 11 is 0. The number of carbonyl (C=O) groups excluding carboxylic acids is 3. The van der Waals surface area contributed by atoms with Gasteiger partial charge in [-0.15, -0.1) is 0 Å². The lowest BCUT2D eigenvalue weighted by Gasteiger charge is -2.29. The average Bonchev–Trinajstić information content (AvgIpc) is 3.26. The SMILES string of the molecule is NCC1(NCc2ccc3c(c2)C(=O)N(C2CCC(=O)NC2=O)C3)CCOC1. The summed E-state index contributed by atoms with van der Waals surface area (Å²) in [5, 5.41) is 5.80. The van der Waals surface area contributed by atoms with Crippen LogP contribution in [0.2, 0.25) is 0 Å². The van der Waals surface area contributed by atoms with E-state index in [1.165, 1.54) is 0 Å². The molecule has 144 valence electrons. The Kier molecular flexibility index (Phi) is 4.71. The Labute approximate surface area is 157 Å². The minimum Gasteiger partial charge on any atom is -0.379 e. The molecule has 0 aliphatic carbocycles. The van der Waals surface area contributed by atoms with Gasteiger partial charge in [-0.1, -0.05) is 12.1 Å². The number of rotatable bonds is 5. The Bertz CT molecular complexity index is 788. The second-order valence-corrected chi connectivity index (χ2v) is 7.53. The largest absolute Gasteiger partial charge is 0.379 e. The van der Waals surface area contributed by atoms with Crippen molar-refractivity contribution in [3.8, 4) is 0 Å². The number of carbonyl (C=O) groups is 3. The zero-order chi connectivity index (χ0) is 19.0. The van der Waals surface area contributed by atoms with Crippen molar-refractivity contribution in [1.29, 1.82) is 0 Å². The first kappa shape index (κ1) is 18.1. The van der Waals surface area contributed by atoms with Gasteiger partial charge in [0.1, 0.15) is 6.04 Å². The predicted molar refractivity (Wildman–Crippen MR) is 96.5 cm³/mol. The van der Waals surface area contributed by atoms with Gasteiger partial charge in [0.05, 0.1) is 12.1 Å². The van der Waals surface area contributed by atoms with Crippen LogP contribution in [0.5, 0.6) is 0 Å². The number of nitrogens with two attached hydrogens (primary N) is 1. The number of nitrogens with zero attached hydrogens (tertiary/aromatic N) is 1. The summed E-state index contributed by atoms with van der Waals surface area (Å²) in [4.78, 5) is 37.9. The van der Waals surface area contributed by atoms with Gasteiger partial charge in [0.15, 0.2) is 0 Å². The molecule has 0 spiro atoms. The highest BCUT2D eigenvalue weighted by atomic mass is 16.5. The van der Waals surface area contributed by atoms with E-state index in [0.717, 1.165) is 17.5 Å². The first-order chi connectivity index (χ1) is 13.0. The van der Waals surface area contributed by atoms with Crippen LogP contribution in [0.15, 0.2) is 18.2 Å². The highest BCUT2D eigenvalue weighted by molar-refractivity contribution is 6.05. The highest BCUT2D eigenvalue weighted by Gasteiger charge is 2.39. The molecule has 0 aromatic heterocycles. The number of piperidine rings is 1.